The van der Waals surface area contributed by atoms with E-state index in [1.165, 1.54) is 0 Å². The highest BCUT2D eigenvalue weighted by Gasteiger charge is 2.20. The molecule has 22 heavy (non-hydrogen) atoms. The summed E-state index contributed by atoms with van der Waals surface area (Å²) < 4.78 is 11.1. The molecule has 0 spiro atoms. The number of carboxylic acid groups (broad SMARTS) is 1. The Bertz CT molecular complexity index is 628. The zero-order chi connectivity index (χ0) is 15.9. The fourth-order valence-electron chi connectivity index (χ4n) is 2.04. The third-order valence-electron chi connectivity index (χ3n) is 3.04. The third kappa shape index (κ3) is 4.48. The van der Waals surface area contributed by atoms with Crippen LogP contribution in [0.3, 0.4) is 0 Å². The summed E-state index contributed by atoms with van der Waals surface area (Å²) in [5, 5.41) is 9.74. The second kappa shape index (κ2) is 7.82. The van der Waals surface area contributed by atoms with Crippen molar-refractivity contribution in [2.45, 2.75) is 19.4 Å². The Morgan fingerprint density at radius 2 is 1.95 bits per heavy atom. The summed E-state index contributed by atoms with van der Waals surface area (Å²) >= 11 is 6.02. The molecular weight excluding hydrogens is 304 g/mol. The van der Waals surface area contributed by atoms with Crippen molar-refractivity contribution in [3.8, 4) is 11.5 Å². The molecule has 1 atom stereocenters. The lowest BCUT2D eigenvalue weighted by atomic mass is 10.1. The van der Waals surface area contributed by atoms with Crippen LogP contribution in [0.2, 0.25) is 5.02 Å². The SMILES string of the molecule is CCO[C@H](Cc1cc(Cl)ccc1Oc1ccccc1)C(=O)O. The van der Waals surface area contributed by atoms with Gasteiger partial charge < -0.3 is 14.6 Å². The highest BCUT2D eigenvalue weighted by Crippen LogP contribution is 2.29. The lowest BCUT2D eigenvalue weighted by molar-refractivity contribution is -0.149. The van der Waals surface area contributed by atoms with Gasteiger partial charge in [-0.1, -0.05) is 29.8 Å². The van der Waals surface area contributed by atoms with Crippen LogP contribution >= 0.6 is 11.6 Å². The van der Waals surface area contributed by atoms with Crippen LogP contribution in [0.15, 0.2) is 48.5 Å². The van der Waals surface area contributed by atoms with Crippen molar-refractivity contribution >= 4 is 17.6 Å². The Morgan fingerprint density at radius 3 is 2.59 bits per heavy atom. The third-order valence-corrected chi connectivity index (χ3v) is 3.28. The van der Waals surface area contributed by atoms with E-state index in [9.17, 15) is 9.90 Å². The normalized spacial score (nSPS) is 11.9. The van der Waals surface area contributed by atoms with E-state index in [1.807, 2.05) is 30.3 Å². The molecule has 2 aromatic rings. The predicted octanol–water partition coefficient (Wildman–Crippen LogP) is 4.16. The van der Waals surface area contributed by atoms with Gasteiger partial charge in [0, 0.05) is 18.1 Å². The van der Waals surface area contributed by atoms with Crippen LogP contribution < -0.4 is 4.74 Å². The van der Waals surface area contributed by atoms with E-state index in [4.69, 9.17) is 21.1 Å². The summed E-state index contributed by atoms with van der Waals surface area (Å²) in [6, 6.07) is 14.4. The Labute approximate surface area is 134 Å². The maximum atomic E-state index is 11.2. The summed E-state index contributed by atoms with van der Waals surface area (Å²) in [5.41, 5.74) is 0.692. The van der Waals surface area contributed by atoms with Crippen LogP contribution in [0.25, 0.3) is 0 Å². The van der Waals surface area contributed by atoms with E-state index in [1.54, 1.807) is 25.1 Å². The van der Waals surface area contributed by atoms with Crippen LogP contribution in [-0.2, 0) is 16.0 Å². The van der Waals surface area contributed by atoms with E-state index in [0.29, 0.717) is 28.7 Å². The Hall–Kier alpha value is -2.04. The van der Waals surface area contributed by atoms with Gasteiger partial charge in [-0.25, -0.2) is 4.79 Å². The maximum Gasteiger partial charge on any atom is 0.333 e. The van der Waals surface area contributed by atoms with Gasteiger partial charge in [-0.05, 0) is 42.8 Å². The molecule has 5 heteroatoms. The zero-order valence-corrected chi connectivity index (χ0v) is 12.9. The van der Waals surface area contributed by atoms with Crippen molar-refractivity contribution in [1.29, 1.82) is 0 Å². The number of halogens is 1. The first kappa shape index (κ1) is 16.3. The molecular formula is C17H17ClO4. The van der Waals surface area contributed by atoms with Crippen LogP contribution in [0, 0.1) is 0 Å². The summed E-state index contributed by atoms with van der Waals surface area (Å²) in [6.45, 7) is 2.09. The second-order valence-corrected chi connectivity index (χ2v) is 5.09. The summed E-state index contributed by atoms with van der Waals surface area (Å²) in [5.74, 6) is 0.239. The minimum Gasteiger partial charge on any atom is -0.479 e. The first-order valence-electron chi connectivity index (χ1n) is 6.96. The minimum atomic E-state index is -1.01. The second-order valence-electron chi connectivity index (χ2n) is 4.65. The number of benzene rings is 2. The molecule has 4 nitrogen and oxygen atoms in total. The van der Waals surface area contributed by atoms with Crippen LogP contribution in [0.4, 0.5) is 0 Å². The average molecular weight is 321 g/mol. The van der Waals surface area contributed by atoms with Gasteiger partial charge >= 0.3 is 5.97 Å². The van der Waals surface area contributed by atoms with Crippen molar-refractivity contribution in [2.24, 2.45) is 0 Å². The average Bonchev–Trinajstić information content (AvgIpc) is 2.50. The minimum absolute atomic E-state index is 0.186. The van der Waals surface area contributed by atoms with Gasteiger partial charge in [-0.3, -0.25) is 0 Å². The number of ether oxygens (including phenoxy) is 2. The fraction of sp³-hybridized carbons (Fsp3) is 0.235. The molecule has 0 heterocycles. The van der Waals surface area contributed by atoms with Gasteiger partial charge in [0.2, 0.25) is 0 Å². The van der Waals surface area contributed by atoms with Crippen molar-refractivity contribution < 1.29 is 19.4 Å². The maximum absolute atomic E-state index is 11.2. The highest BCUT2D eigenvalue weighted by molar-refractivity contribution is 6.30. The number of carbonyl (C=O) groups is 1. The van der Waals surface area contributed by atoms with Crippen LogP contribution in [-0.4, -0.2) is 23.8 Å². The van der Waals surface area contributed by atoms with E-state index in [0.717, 1.165) is 0 Å². The first-order valence-corrected chi connectivity index (χ1v) is 7.33. The zero-order valence-electron chi connectivity index (χ0n) is 12.2. The molecule has 0 unspecified atom stereocenters. The van der Waals surface area contributed by atoms with E-state index in [-0.39, 0.29) is 6.42 Å². The molecule has 0 aromatic heterocycles. The molecule has 0 aliphatic heterocycles. The molecule has 1 N–H and O–H groups in total. The van der Waals surface area contributed by atoms with Gasteiger partial charge in [0.15, 0.2) is 6.10 Å². The van der Waals surface area contributed by atoms with Crippen LogP contribution in [0.5, 0.6) is 11.5 Å². The molecule has 0 radical (unpaired) electrons. The molecule has 0 saturated heterocycles. The molecule has 0 amide bonds. The predicted molar refractivity (Wildman–Crippen MR) is 84.7 cm³/mol. The van der Waals surface area contributed by atoms with Crippen molar-refractivity contribution in [1.82, 2.24) is 0 Å². The molecule has 116 valence electrons. The molecule has 0 fully saturated rings. The standard InChI is InChI=1S/C17H17ClO4/c1-2-21-16(17(19)20)11-12-10-13(18)8-9-15(12)22-14-6-4-3-5-7-14/h3-10,16H,2,11H2,1H3,(H,19,20)/t16-/m1/s1. The lowest BCUT2D eigenvalue weighted by Crippen LogP contribution is -2.26. The van der Waals surface area contributed by atoms with E-state index < -0.39 is 12.1 Å². The van der Waals surface area contributed by atoms with Crippen molar-refractivity contribution in [2.75, 3.05) is 6.61 Å². The summed E-state index contributed by atoms with van der Waals surface area (Å²) in [6.07, 6.45) is -0.743. The molecule has 0 aliphatic rings. The van der Waals surface area contributed by atoms with Gasteiger partial charge in [-0.2, -0.15) is 0 Å². The summed E-state index contributed by atoms with van der Waals surface area (Å²) in [7, 11) is 0. The van der Waals surface area contributed by atoms with Crippen molar-refractivity contribution in [3.63, 3.8) is 0 Å². The quantitative estimate of drug-likeness (QED) is 0.832. The number of aliphatic carboxylic acids is 1. The lowest BCUT2D eigenvalue weighted by Gasteiger charge is -2.16. The monoisotopic (exact) mass is 320 g/mol. The Morgan fingerprint density at radius 1 is 1.23 bits per heavy atom. The van der Waals surface area contributed by atoms with Gasteiger partial charge in [0.25, 0.3) is 0 Å². The number of para-hydroxylation sites is 1. The molecule has 0 saturated carbocycles. The van der Waals surface area contributed by atoms with Gasteiger partial charge in [0.05, 0.1) is 0 Å². The first-order chi connectivity index (χ1) is 10.6. The summed E-state index contributed by atoms with van der Waals surface area (Å²) in [4.78, 5) is 11.2. The number of hydrogen-bond acceptors (Lipinski definition) is 3. The Balaban J connectivity index is 2.25. The van der Waals surface area contributed by atoms with Gasteiger partial charge in [0.1, 0.15) is 11.5 Å². The molecule has 0 bridgehead atoms. The Kier molecular flexibility index (Phi) is 5.81. The molecule has 2 aromatic carbocycles. The topological polar surface area (TPSA) is 55.8 Å². The number of rotatable bonds is 7. The van der Waals surface area contributed by atoms with Crippen LogP contribution in [0.1, 0.15) is 12.5 Å². The number of hydrogen-bond donors (Lipinski definition) is 1. The van der Waals surface area contributed by atoms with Crippen molar-refractivity contribution in [3.05, 3.63) is 59.1 Å². The molecule has 0 aliphatic carbocycles. The number of carboxylic acids is 1. The molecule has 2 rings (SSSR count). The highest BCUT2D eigenvalue weighted by atomic mass is 35.5. The van der Waals surface area contributed by atoms with Gasteiger partial charge in [-0.15, -0.1) is 0 Å². The largest absolute Gasteiger partial charge is 0.479 e. The fourth-order valence-corrected chi connectivity index (χ4v) is 2.24. The smallest absolute Gasteiger partial charge is 0.333 e. The van der Waals surface area contributed by atoms with E-state index in [2.05, 4.69) is 0 Å². The van der Waals surface area contributed by atoms with E-state index >= 15 is 0 Å².